The molecular formula is C20H23N3O2. The fourth-order valence-corrected chi connectivity index (χ4v) is 2.80. The third-order valence-electron chi connectivity index (χ3n) is 4.23. The monoisotopic (exact) mass is 337 g/mol. The smallest absolute Gasteiger partial charge is 0.287 e. The first kappa shape index (κ1) is 17.0. The van der Waals surface area contributed by atoms with Crippen molar-refractivity contribution in [3.05, 3.63) is 77.0 Å². The minimum absolute atomic E-state index is 0.192. The first-order valence-electron chi connectivity index (χ1n) is 8.46. The molecule has 5 nitrogen and oxygen atoms in total. The van der Waals surface area contributed by atoms with Crippen LogP contribution < -0.4 is 5.32 Å². The fraction of sp³-hybridized carbons (Fsp3) is 0.300. The highest BCUT2D eigenvalue weighted by Gasteiger charge is 2.14. The highest BCUT2D eigenvalue weighted by molar-refractivity contribution is 5.91. The van der Waals surface area contributed by atoms with Gasteiger partial charge in [0.15, 0.2) is 5.76 Å². The van der Waals surface area contributed by atoms with Crippen LogP contribution in [-0.2, 0) is 6.54 Å². The number of furan rings is 1. The third-order valence-corrected chi connectivity index (χ3v) is 4.23. The number of nitrogens with zero attached hydrogens (tertiary/aromatic N) is 2. The largest absolute Gasteiger partial charge is 0.454 e. The molecule has 0 fully saturated rings. The van der Waals surface area contributed by atoms with Crippen molar-refractivity contribution < 1.29 is 9.21 Å². The average molecular weight is 337 g/mol. The Kier molecular flexibility index (Phi) is 5.03. The summed E-state index contributed by atoms with van der Waals surface area (Å²) in [7, 11) is 0. The van der Waals surface area contributed by atoms with Crippen LogP contribution in [0.2, 0.25) is 0 Å². The van der Waals surface area contributed by atoms with Gasteiger partial charge in [-0.15, -0.1) is 0 Å². The van der Waals surface area contributed by atoms with Crippen LogP contribution in [0.3, 0.4) is 0 Å². The van der Waals surface area contributed by atoms with Gasteiger partial charge in [-0.25, -0.2) is 0 Å². The standard InChI is InChI=1S/C20H23N3O2/c1-14(17-7-5-4-6-8-17)12-21-20(24)19-10-9-18(25-19)13-23-16(3)11-15(2)22-23/h4-11,14H,12-13H2,1-3H3,(H,21,24)/t14-/m0/s1. The van der Waals surface area contributed by atoms with E-state index in [1.54, 1.807) is 6.07 Å². The van der Waals surface area contributed by atoms with Gasteiger partial charge < -0.3 is 9.73 Å². The maximum absolute atomic E-state index is 12.3. The van der Waals surface area contributed by atoms with Gasteiger partial charge in [0.2, 0.25) is 0 Å². The first-order chi connectivity index (χ1) is 12.0. The van der Waals surface area contributed by atoms with E-state index in [-0.39, 0.29) is 11.8 Å². The first-order valence-corrected chi connectivity index (χ1v) is 8.46. The number of rotatable bonds is 6. The molecule has 0 radical (unpaired) electrons. The van der Waals surface area contributed by atoms with E-state index in [2.05, 4.69) is 29.5 Å². The summed E-state index contributed by atoms with van der Waals surface area (Å²) >= 11 is 0. The average Bonchev–Trinajstić information content (AvgIpc) is 3.20. The Bertz CT molecular complexity index is 849. The van der Waals surface area contributed by atoms with Crippen molar-refractivity contribution in [2.45, 2.75) is 33.2 Å². The van der Waals surface area contributed by atoms with Crippen molar-refractivity contribution in [1.82, 2.24) is 15.1 Å². The maximum Gasteiger partial charge on any atom is 0.287 e. The van der Waals surface area contributed by atoms with Gasteiger partial charge in [-0.2, -0.15) is 5.10 Å². The molecule has 0 saturated heterocycles. The summed E-state index contributed by atoms with van der Waals surface area (Å²) in [6, 6.07) is 15.7. The molecule has 1 atom stereocenters. The Morgan fingerprint density at radius 1 is 1.20 bits per heavy atom. The maximum atomic E-state index is 12.3. The van der Waals surface area contributed by atoms with Gasteiger partial charge in [0, 0.05) is 12.2 Å². The van der Waals surface area contributed by atoms with E-state index >= 15 is 0 Å². The molecule has 3 aromatic rings. The molecule has 25 heavy (non-hydrogen) atoms. The number of aromatic nitrogens is 2. The molecule has 0 bridgehead atoms. The Morgan fingerprint density at radius 3 is 2.64 bits per heavy atom. The van der Waals surface area contributed by atoms with E-state index in [0.717, 1.165) is 11.4 Å². The van der Waals surface area contributed by atoms with Crippen LogP contribution in [0.15, 0.2) is 52.9 Å². The van der Waals surface area contributed by atoms with Gasteiger partial charge in [-0.3, -0.25) is 9.48 Å². The molecule has 5 heteroatoms. The Labute approximate surface area is 147 Å². The molecule has 0 spiro atoms. The second-order valence-corrected chi connectivity index (χ2v) is 6.37. The van der Waals surface area contributed by atoms with Gasteiger partial charge in [0.05, 0.1) is 12.2 Å². The minimum atomic E-state index is -0.192. The van der Waals surface area contributed by atoms with Crippen LogP contribution in [0.4, 0.5) is 0 Å². The van der Waals surface area contributed by atoms with E-state index in [9.17, 15) is 4.79 Å². The third kappa shape index (κ3) is 4.18. The number of benzene rings is 1. The molecule has 0 aliphatic heterocycles. The van der Waals surface area contributed by atoms with E-state index < -0.39 is 0 Å². The molecule has 1 amide bonds. The predicted molar refractivity (Wildman–Crippen MR) is 96.7 cm³/mol. The SMILES string of the molecule is Cc1cc(C)n(Cc2ccc(C(=O)NC[C@H](C)c3ccccc3)o2)n1. The van der Waals surface area contributed by atoms with Gasteiger partial charge in [0.1, 0.15) is 5.76 Å². The number of nitrogens with one attached hydrogen (secondary N) is 1. The number of hydrogen-bond donors (Lipinski definition) is 1. The molecule has 130 valence electrons. The Balaban J connectivity index is 1.58. The predicted octanol–water partition coefficient (Wildman–Crippen LogP) is 3.67. The summed E-state index contributed by atoms with van der Waals surface area (Å²) in [6.45, 7) is 7.13. The zero-order valence-corrected chi connectivity index (χ0v) is 14.8. The lowest BCUT2D eigenvalue weighted by atomic mass is 10.0. The van der Waals surface area contributed by atoms with Crippen molar-refractivity contribution in [1.29, 1.82) is 0 Å². The van der Waals surface area contributed by atoms with Crippen molar-refractivity contribution >= 4 is 5.91 Å². The number of amides is 1. The van der Waals surface area contributed by atoms with Crippen LogP contribution >= 0.6 is 0 Å². The summed E-state index contributed by atoms with van der Waals surface area (Å²) in [5.41, 5.74) is 3.24. The molecule has 0 aliphatic carbocycles. The lowest BCUT2D eigenvalue weighted by Crippen LogP contribution is -2.27. The number of carbonyl (C=O) groups is 1. The van der Waals surface area contributed by atoms with Crippen LogP contribution in [0.25, 0.3) is 0 Å². The molecule has 0 aliphatic rings. The van der Waals surface area contributed by atoms with Crippen molar-refractivity contribution in [2.24, 2.45) is 0 Å². The Morgan fingerprint density at radius 2 is 1.96 bits per heavy atom. The Hall–Kier alpha value is -2.82. The summed E-state index contributed by atoms with van der Waals surface area (Å²) in [5.74, 6) is 1.10. The zero-order valence-electron chi connectivity index (χ0n) is 14.8. The van der Waals surface area contributed by atoms with Crippen LogP contribution in [0.1, 0.15) is 46.1 Å². The van der Waals surface area contributed by atoms with Gasteiger partial charge >= 0.3 is 0 Å². The van der Waals surface area contributed by atoms with Crippen molar-refractivity contribution in [3.8, 4) is 0 Å². The van der Waals surface area contributed by atoms with Gasteiger partial charge in [-0.05, 0) is 43.5 Å². The molecular weight excluding hydrogens is 314 g/mol. The molecule has 1 aromatic carbocycles. The van der Waals surface area contributed by atoms with E-state index in [4.69, 9.17) is 4.42 Å². The summed E-state index contributed by atoms with van der Waals surface area (Å²) < 4.78 is 7.55. The van der Waals surface area contributed by atoms with E-state index in [1.165, 1.54) is 5.56 Å². The van der Waals surface area contributed by atoms with Crippen LogP contribution in [-0.4, -0.2) is 22.2 Å². The normalized spacial score (nSPS) is 12.1. The number of aryl methyl sites for hydroxylation is 2. The summed E-state index contributed by atoms with van der Waals surface area (Å²) in [5, 5.41) is 7.34. The van der Waals surface area contributed by atoms with E-state index in [1.807, 2.05) is 48.9 Å². The molecule has 1 N–H and O–H groups in total. The van der Waals surface area contributed by atoms with Crippen LogP contribution in [0.5, 0.6) is 0 Å². The zero-order chi connectivity index (χ0) is 17.8. The summed E-state index contributed by atoms with van der Waals surface area (Å²) in [6.07, 6.45) is 0. The quantitative estimate of drug-likeness (QED) is 0.746. The lowest BCUT2D eigenvalue weighted by molar-refractivity contribution is 0.0922. The molecule has 2 heterocycles. The van der Waals surface area contributed by atoms with Crippen LogP contribution in [0, 0.1) is 13.8 Å². The van der Waals surface area contributed by atoms with Gasteiger partial charge in [0.25, 0.3) is 5.91 Å². The summed E-state index contributed by atoms with van der Waals surface area (Å²) in [4.78, 5) is 12.3. The number of hydrogen-bond acceptors (Lipinski definition) is 3. The molecule has 0 saturated carbocycles. The molecule has 2 aromatic heterocycles. The molecule has 3 rings (SSSR count). The van der Waals surface area contributed by atoms with E-state index in [0.29, 0.717) is 24.6 Å². The second-order valence-electron chi connectivity index (χ2n) is 6.37. The fourth-order valence-electron chi connectivity index (χ4n) is 2.80. The topological polar surface area (TPSA) is 60.1 Å². The minimum Gasteiger partial charge on any atom is -0.454 e. The highest BCUT2D eigenvalue weighted by atomic mass is 16.4. The van der Waals surface area contributed by atoms with Gasteiger partial charge in [-0.1, -0.05) is 37.3 Å². The number of carbonyl (C=O) groups excluding carboxylic acids is 1. The van der Waals surface area contributed by atoms with Crippen molar-refractivity contribution in [3.63, 3.8) is 0 Å². The molecule has 0 unspecified atom stereocenters. The second kappa shape index (κ2) is 7.38. The highest BCUT2D eigenvalue weighted by Crippen LogP contribution is 2.15. The lowest BCUT2D eigenvalue weighted by Gasteiger charge is -2.12. The van der Waals surface area contributed by atoms with Crippen molar-refractivity contribution in [2.75, 3.05) is 6.54 Å².